The first-order valence-electron chi connectivity index (χ1n) is 12.9. The molecule has 7 nitrogen and oxygen atoms in total. The summed E-state index contributed by atoms with van der Waals surface area (Å²) < 4.78 is 28.7. The van der Waals surface area contributed by atoms with Crippen LogP contribution in [0.2, 0.25) is 0 Å². The van der Waals surface area contributed by atoms with E-state index in [0.717, 1.165) is 57.2 Å². The van der Waals surface area contributed by atoms with E-state index in [1.54, 1.807) is 4.57 Å². The van der Waals surface area contributed by atoms with Crippen LogP contribution < -0.4 is 5.43 Å². The van der Waals surface area contributed by atoms with Crippen LogP contribution in [0.5, 0.6) is 5.75 Å². The van der Waals surface area contributed by atoms with Crippen LogP contribution in [-0.2, 0) is 13.0 Å². The number of rotatable bonds is 5. The minimum atomic E-state index is -0.881. The number of aryl methyl sites for hydroxylation is 1. The van der Waals surface area contributed by atoms with E-state index in [9.17, 15) is 28.3 Å². The number of aromatic nitrogens is 1. The zero-order valence-corrected chi connectivity index (χ0v) is 20.0. The maximum Gasteiger partial charge on any atom is 0.276 e. The molecular formula is C27H29F2N3O4. The van der Waals surface area contributed by atoms with Crippen molar-refractivity contribution < 1.29 is 23.5 Å². The van der Waals surface area contributed by atoms with Gasteiger partial charge in [-0.2, -0.15) is 0 Å². The maximum absolute atomic E-state index is 14.0. The highest BCUT2D eigenvalue weighted by atomic mass is 19.1. The molecule has 1 aromatic carbocycles. The second kappa shape index (κ2) is 8.80. The van der Waals surface area contributed by atoms with Gasteiger partial charge in [0.25, 0.3) is 5.91 Å². The van der Waals surface area contributed by atoms with E-state index in [2.05, 4.69) is 4.90 Å². The van der Waals surface area contributed by atoms with Crippen molar-refractivity contribution in [2.24, 2.45) is 5.92 Å². The van der Waals surface area contributed by atoms with Crippen LogP contribution in [0.1, 0.15) is 71.4 Å². The van der Waals surface area contributed by atoms with Crippen LogP contribution in [0.4, 0.5) is 8.78 Å². The molecule has 9 heteroatoms. The molecule has 1 amide bonds. The van der Waals surface area contributed by atoms with Crippen molar-refractivity contribution in [3.8, 4) is 5.75 Å². The molecular weight excluding hydrogens is 468 g/mol. The normalized spacial score (nSPS) is 25.8. The quantitative estimate of drug-likeness (QED) is 0.640. The van der Waals surface area contributed by atoms with Gasteiger partial charge in [-0.25, -0.2) is 8.78 Å². The topological polar surface area (TPSA) is 82.8 Å². The molecule has 4 aliphatic rings. The van der Waals surface area contributed by atoms with Crippen LogP contribution in [-0.4, -0.2) is 56.0 Å². The van der Waals surface area contributed by atoms with Gasteiger partial charge in [-0.05, 0) is 49.7 Å². The number of aromatic hydroxyl groups is 1. The Balaban J connectivity index is 1.32. The fraction of sp³-hybridized carbons (Fsp3) is 0.519. The number of amides is 1. The molecule has 1 aromatic heterocycles. The van der Waals surface area contributed by atoms with Gasteiger partial charge in [0.1, 0.15) is 17.8 Å². The highest BCUT2D eigenvalue weighted by molar-refractivity contribution is 6.00. The highest BCUT2D eigenvalue weighted by Gasteiger charge is 2.51. The summed E-state index contributed by atoms with van der Waals surface area (Å²) in [5.41, 5.74) is -0.986. The monoisotopic (exact) mass is 497 g/mol. The molecule has 3 heterocycles. The third-order valence-corrected chi connectivity index (χ3v) is 8.38. The second-order valence-corrected chi connectivity index (χ2v) is 10.6. The molecule has 0 radical (unpaired) electrons. The van der Waals surface area contributed by atoms with Crippen molar-refractivity contribution in [3.63, 3.8) is 0 Å². The van der Waals surface area contributed by atoms with E-state index in [1.165, 1.54) is 12.3 Å². The lowest BCUT2D eigenvalue weighted by Crippen LogP contribution is -2.68. The Kier molecular flexibility index (Phi) is 5.70. The fourth-order valence-electron chi connectivity index (χ4n) is 6.44. The molecule has 2 aliphatic carbocycles. The van der Waals surface area contributed by atoms with Gasteiger partial charge in [-0.3, -0.25) is 19.3 Å². The molecule has 1 N–H and O–H groups in total. The van der Waals surface area contributed by atoms with Crippen molar-refractivity contribution in [3.05, 3.63) is 63.1 Å². The predicted molar refractivity (Wildman–Crippen MR) is 127 cm³/mol. The van der Waals surface area contributed by atoms with Gasteiger partial charge in [0.2, 0.25) is 5.43 Å². The lowest BCUT2D eigenvalue weighted by Gasteiger charge is -2.55. The van der Waals surface area contributed by atoms with Gasteiger partial charge in [-0.15, -0.1) is 0 Å². The van der Waals surface area contributed by atoms with Crippen molar-refractivity contribution in [1.82, 2.24) is 14.4 Å². The number of hydrogen-bond donors (Lipinski definition) is 1. The standard InChI is InChI=1S/C27H29F2N3O4/c28-17-7-5-15(20(29)11-17)6-10-22(33)19-13-30-14-23-31(18-8-9-18)12-16-3-1-2-4-21(16)32(23)27(36)24(30)26(35)25(19)34/h5,7,11,13,16,18,21,23,35H,1-4,6,8-10,12,14H2/t16-,21-,23-/m0/s1. The van der Waals surface area contributed by atoms with Crippen molar-refractivity contribution >= 4 is 11.7 Å². The summed E-state index contributed by atoms with van der Waals surface area (Å²) in [5, 5.41) is 10.8. The molecule has 0 unspecified atom stereocenters. The summed E-state index contributed by atoms with van der Waals surface area (Å²) in [7, 11) is 0. The van der Waals surface area contributed by atoms with E-state index in [0.29, 0.717) is 18.5 Å². The summed E-state index contributed by atoms with van der Waals surface area (Å²) in [5.74, 6) is -2.67. The van der Waals surface area contributed by atoms with Gasteiger partial charge in [0.15, 0.2) is 17.2 Å². The van der Waals surface area contributed by atoms with Crippen LogP contribution in [0.3, 0.4) is 0 Å². The van der Waals surface area contributed by atoms with Crippen LogP contribution in [0, 0.1) is 17.6 Å². The molecule has 2 aliphatic heterocycles. The number of Topliss-reactive ketones (excluding diaryl/α,β-unsaturated/α-hetero) is 1. The average Bonchev–Trinajstić information content (AvgIpc) is 3.70. The fourth-order valence-corrected chi connectivity index (χ4v) is 6.44. The van der Waals surface area contributed by atoms with Crippen molar-refractivity contribution in [2.45, 2.75) is 76.2 Å². The summed E-state index contributed by atoms with van der Waals surface area (Å²) >= 11 is 0. The number of carbonyl (C=O) groups excluding carboxylic acids is 2. The van der Waals surface area contributed by atoms with Crippen LogP contribution in [0.15, 0.2) is 29.2 Å². The average molecular weight is 498 g/mol. The number of benzene rings is 1. The van der Waals surface area contributed by atoms with Crippen LogP contribution in [0.25, 0.3) is 0 Å². The zero-order valence-electron chi connectivity index (χ0n) is 20.0. The van der Waals surface area contributed by atoms with E-state index in [-0.39, 0.29) is 47.8 Å². The number of halogens is 2. The van der Waals surface area contributed by atoms with E-state index in [1.807, 2.05) is 4.90 Å². The SMILES string of the molecule is O=C(CCc1ccc(F)cc1F)c1cn2c(c(O)c1=O)C(=O)N1[C@H]3CCCC[C@H]3CN(C3CC3)[C@@H]1C2. The van der Waals surface area contributed by atoms with E-state index < -0.39 is 28.6 Å². The first-order chi connectivity index (χ1) is 17.3. The Morgan fingerprint density at radius 2 is 1.83 bits per heavy atom. The summed E-state index contributed by atoms with van der Waals surface area (Å²) in [6.07, 6.45) is 7.42. The highest BCUT2D eigenvalue weighted by Crippen LogP contribution is 2.43. The molecule has 190 valence electrons. The van der Waals surface area contributed by atoms with E-state index >= 15 is 0 Å². The molecule has 3 fully saturated rings. The van der Waals surface area contributed by atoms with Gasteiger partial charge in [-0.1, -0.05) is 18.9 Å². The molecule has 2 saturated carbocycles. The number of carbonyl (C=O) groups is 2. The smallest absolute Gasteiger partial charge is 0.276 e. The minimum absolute atomic E-state index is 0.0131. The minimum Gasteiger partial charge on any atom is -0.503 e. The molecule has 0 bridgehead atoms. The van der Waals surface area contributed by atoms with Crippen LogP contribution >= 0.6 is 0 Å². The Morgan fingerprint density at radius 1 is 1.06 bits per heavy atom. The molecule has 36 heavy (non-hydrogen) atoms. The van der Waals surface area contributed by atoms with Gasteiger partial charge in [0.05, 0.1) is 12.1 Å². The maximum atomic E-state index is 14.0. The largest absolute Gasteiger partial charge is 0.503 e. The number of nitrogens with zero attached hydrogens (tertiary/aromatic N) is 3. The first kappa shape index (κ1) is 23.3. The third-order valence-electron chi connectivity index (χ3n) is 8.38. The number of fused-ring (bicyclic) bond motifs is 4. The number of hydrogen-bond acceptors (Lipinski definition) is 5. The summed E-state index contributed by atoms with van der Waals surface area (Å²) in [6, 6.07) is 3.68. The summed E-state index contributed by atoms with van der Waals surface area (Å²) in [6.45, 7) is 1.32. The third kappa shape index (κ3) is 3.84. The Labute approximate surface area is 207 Å². The van der Waals surface area contributed by atoms with Gasteiger partial charge in [0, 0.05) is 37.3 Å². The Bertz CT molecular complexity index is 1300. The van der Waals surface area contributed by atoms with Crippen molar-refractivity contribution in [2.75, 3.05) is 6.54 Å². The Hall–Kier alpha value is -3.07. The number of pyridine rings is 1. The lowest BCUT2D eigenvalue weighted by atomic mass is 9.80. The molecule has 3 atom stereocenters. The zero-order chi connectivity index (χ0) is 25.1. The van der Waals surface area contributed by atoms with Gasteiger partial charge >= 0.3 is 0 Å². The van der Waals surface area contributed by atoms with Crippen molar-refractivity contribution in [1.29, 1.82) is 0 Å². The second-order valence-electron chi connectivity index (χ2n) is 10.6. The van der Waals surface area contributed by atoms with E-state index in [4.69, 9.17) is 0 Å². The molecule has 0 spiro atoms. The number of ketones is 1. The summed E-state index contributed by atoms with van der Waals surface area (Å²) in [4.78, 5) is 44.0. The molecule has 1 saturated heterocycles. The van der Waals surface area contributed by atoms with Gasteiger partial charge < -0.3 is 14.6 Å². The predicted octanol–water partition coefficient (Wildman–Crippen LogP) is 3.47. The Morgan fingerprint density at radius 3 is 2.58 bits per heavy atom. The lowest BCUT2D eigenvalue weighted by molar-refractivity contribution is -0.0772. The molecule has 6 rings (SSSR count). The first-order valence-corrected chi connectivity index (χ1v) is 12.9. The molecule has 2 aromatic rings.